The van der Waals surface area contributed by atoms with Crippen molar-refractivity contribution in [1.29, 1.82) is 0 Å². The summed E-state index contributed by atoms with van der Waals surface area (Å²) in [5.41, 5.74) is 0.882. The van der Waals surface area contributed by atoms with E-state index in [-0.39, 0.29) is 5.91 Å². The van der Waals surface area contributed by atoms with Gasteiger partial charge in [0, 0.05) is 25.7 Å². The van der Waals surface area contributed by atoms with Crippen LogP contribution in [0.3, 0.4) is 0 Å². The minimum absolute atomic E-state index is 0.169. The van der Waals surface area contributed by atoms with E-state index in [4.69, 9.17) is 14.2 Å². The van der Waals surface area contributed by atoms with Crippen LogP contribution in [0, 0.1) is 0 Å². The highest BCUT2D eigenvalue weighted by molar-refractivity contribution is 5.79. The molecule has 2 aliphatic heterocycles. The summed E-state index contributed by atoms with van der Waals surface area (Å²) in [6, 6.07) is 4.25. The molecule has 2 saturated heterocycles. The van der Waals surface area contributed by atoms with E-state index in [0.29, 0.717) is 29.7 Å². The average Bonchev–Trinajstić information content (AvgIpc) is 2.97. The molecule has 1 aromatic carbocycles. The molecule has 3 rings (SSSR count). The van der Waals surface area contributed by atoms with E-state index in [1.165, 1.54) is 19.4 Å². The van der Waals surface area contributed by atoms with E-state index >= 15 is 0 Å². The van der Waals surface area contributed by atoms with Gasteiger partial charge in [0.15, 0.2) is 11.5 Å². The Morgan fingerprint density at radius 1 is 1.04 bits per heavy atom. The Morgan fingerprint density at radius 2 is 1.72 bits per heavy atom. The molecule has 0 N–H and O–H groups in total. The van der Waals surface area contributed by atoms with Crippen LogP contribution in [0.5, 0.6) is 17.2 Å². The first-order valence-electron chi connectivity index (χ1n) is 8.97. The van der Waals surface area contributed by atoms with E-state index in [1.807, 2.05) is 17.0 Å². The summed E-state index contributed by atoms with van der Waals surface area (Å²) < 4.78 is 16.1. The van der Waals surface area contributed by atoms with Gasteiger partial charge in [-0.2, -0.15) is 0 Å². The lowest BCUT2D eigenvalue weighted by molar-refractivity contribution is -0.130. The largest absolute Gasteiger partial charge is 0.493 e. The summed E-state index contributed by atoms with van der Waals surface area (Å²) in [5, 5.41) is 0. The van der Waals surface area contributed by atoms with Crippen LogP contribution in [0.4, 0.5) is 0 Å². The molecule has 25 heavy (non-hydrogen) atoms. The normalized spacial score (nSPS) is 20.8. The zero-order valence-electron chi connectivity index (χ0n) is 15.4. The van der Waals surface area contributed by atoms with Gasteiger partial charge >= 0.3 is 0 Å². The predicted octanol–water partition coefficient (Wildman–Crippen LogP) is 1.95. The van der Waals surface area contributed by atoms with Crippen molar-refractivity contribution in [2.45, 2.75) is 31.7 Å². The molecule has 2 heterocycles. The highest BCUT2D eigenvalue weighted by atomic mass is 16.5. The summed E-state index contributed by atoms with van der Waals surface area (Å²) in [6.07, 6.45) is 3.86. The third kappa shape index (κ3) is 3.84. The molecule has 6 nitrogen and oxygen atoms in total. The molecule has 2 aliphatic rings. The van der Waals surface area contributed by atoms with Gasteiger partial charge in [-0.3, -0.25) is 9.69 Å². The van der Waals surface area contributed by atoms with Gasteiger partial charge in [-0.05, 0) is 43.5 Å². The molecule has 0 spiro atoms. The van der Waals surface area contributed by atoms with Crippen molar-refractivity contribution in [3.63, 3.8) is 0 Å². The van der Waals surface area contributed by atoms with Gasteiger partial charge in [-0.15, -0.1) is 0 Å². The standard InChI is InChI=1S/C19H28N2O4/c1-23-16-10-14(11-17(24-2)19(16)25-3)12-18(22)21-9-5-8-20-7-4-6-15(20)13-21/h10-11,15H,4-9,12-13H2,1-3H3. The second kappa shape index (κ2) is 7.95. The molecular formula is C19H28N2O4. The van der Waals surface area contributed by atoms with Crippen molar-refractivity contribution >= 4 is 5.91 Å². The van der Waals surface area contributed by atoms with Crippen LogP contribution in [-0.4, -0.2) is 69.3 Å². The molecule has 1 atom stereocenters. The number of carbonyl (C=O) groups excluding carboxylic acids is 1. The Morgan fingerprint density at radius 3 is 2.36 bits per heavy atom. The van der Waals surface area contributed by atoms with Crippen molar-refractivity contribution in [1.82, 2.24) is 9.80 Å². The third-order valence-electron chi connectivity index (χ3n) is 5.24. The van der Waals surface area contributed by atoms with Crippen molar-refractivity contribution in [2.24, 2.45) is 0 Å². The number of methoxy groups -OCH3 is 3. The number of hydrogen-bond acceptors (Lipinski definition) is 5. The first-order chi connectivity index (χ1) is 12.2. The molecule has 0 bridgehead atoms. The van der Waals surface area contributed by atoms with Gasteiger partial charge in [0.2, 0.25) is 11.7 Å². The Bertz CT molecular complexity index is 594. The number of fused-ring (bicyclic) bond motifs is 1. The maximum Gasteiger partial charge on any atom is 0.227 e. The Kier molecular flexibility index (Phi) is 5.68. The Hall–Kier alpha value is -1.95. The quantitative estimate of drug-likeness (QED) is 0.814. The van der Waals surface area contributed by atoms with E-state index in [1.54, 1.807) is 21.3 Å². The Labute approximate surface area is 149 Å². The number of ether oxygens (including phenoxy) is 3. The van der Waals surface area contributed by atoms with Gasteiger partial charge in [0.25, 0.3) is 0 Å². The van der Waals surface area contributed by atoms with Crippen LogP contribution >= 0.6 is 0 Å². The number of rotatable bonds is 5. The number of hydrogen-bond donors (Lipinski definition) is 0. The highest BCUT2D eigenvalue weighted by Crippen LogP contribution is 2.38. The summed E-state index contributed by atoms with van der Waals surface area (Å²) in [4.78, 5) is 17.4. The molecule has 0 aromatic heterocycles. The van der Waals surface area contributed by atoms with E-state index in [2.05, 4.69) is 4.90 Å². The monoisotopic (exact) mass is 348 g/mol. The number of nitrogens with zero attached hydrogens (tertiary/aromatic N) is 2. The first kappa shape index (κ1) is 17.9. The molecule has 0 saturated carbocycles. The van der Waals surface area contributed by atoms with Gasteiger partial charge in [-0.25, -0.2) is 0 Å². The minimum Gasteiger partial charge on any atom is -0.493 e. The van der Waals surface area contributed by atoms with Crippen LogP contribution in [0.1, 0.15) is 24.8 Å². The summed E-state index contributed by atoms with van der Waals surface area (Å²) in [6.45, 7) is 3.98. The summed E-state index contributed by atoms with van der Waals surface area (Å²) in [7, 11) is 4.76. The van der Waals surface area contributed by atoms with Crippen LogP contribution in [0.2, 0.25) is 0 Å². The topological polar surface area (TPSA) is 51.2 Å². The van der Waals surface area contributed by atoms with Gasteiger partial charge < -0.3 is 19.1 Å². The van der Waals surface area contributed by atoms with Crippen molar-refractivity contribution in [3.05, 3.63) is 17.7 Å². The molecular weight excluding hydrogens is 320 g/mol. The number of carbonyl (C=O) groups is 1. The highest BCUT2D eigenvalue weighted by Gasteiger charge is 2.30. The fourth-order valence-electron chi connectivity index (χ4n) is 3.96. The molecule has 0 radical (unpaired) electrons. The maximum absolute atomic E-state index is 12.9. The molecule has 1 unspecified atom stereocenters. The van der Waals surface area contributed by atoms with E-state index < -0.39 is 0 Å². The molecule has 138 valence electrons. The minimum atomic E-state index is 0.169. The lowest BCUT2D eigenvalue weighted by Crippen LogP contribution is -2.40. The number of benzene rings is 1. The molecule has 1 amide bonds. The van der Waals surface area contributed by atoms with Crippen molar-refractivity contribution < 1.29 is 19.0 Å². The third-order valence-corrected chi connectivity index (χ3v) is 5.24. The van der Waals surface area contributed by atoms with Crippen LogP contribution in [-0.2, 0) is 11.2 Å². The molecule has 0 aliphatic carbocycles. The second-order valence-electron chi connectivity index (χ2n) is 6.74. The SMILES string of the molecule is COc1cc(CC(=O)N2CCCN3CCCC3C2)cc(OC)c1OC. The molecule has 1 aromatic rings. The zero-order valence-corrected chi connectivity index (χ0v) is 15.4. The van der Waals surface area contributed by atoms with Crippen molar-refractivity contribution in [2.75, 3.05) is 47.5 Å². The van der Waals surface area contributed by atoms with Crippen LogP contribution < -0.4 is 14.2 Å². The summed E-state index contributed by atoms with van der Waals surface area (Å²) in [5.74, 6) is 1.89. The first-order valence-corrected chi connectivity index (χ1v) is 8.97. The molecule has 2 fully saturated rings. The predicted molar refractivity (Wildman–Crippen MR) is 95.6 cm³/mol. The smallest absolute Gasteiger partial charge is 0.227 e. The Balaban J connectivity index is 1.73. The zero-order chi connectivity index (χ0) is 17.8. The van der Waals surface area contributed by atoms with E-state index in [9.17, 15) is 4.79 Å². The fraction of sp³-hybridized carbons (Fsp3) is 0.632. The lowest BCUT2D eigenvalue weighted by atomic mass is 10.1. The second-order valence-corrected chi connectivity index (χ2v) is 6.74. The number of amides is 1. The lowest BCUT2D eigenvalue weighted by Gasteiger charge is -2.26. The van der Waals surface area contributed by atoms with E-state index in [0.717, 1.165) is 31.6 Å². The molecule has 6 heteroatoms. The fourth-order valence-corrected chi connectivity index (χ4v) is 3.96. The van der Waals surface area contributed by atoms with Crippen LogP contribution in [0.25, 0.3) is 0 Å². The maximum atomic E-state index is 12.9. The van der Waals surface area contributed by atoms with Crippen LogP contribution in [0.15, 0.2) is 12.1 Å². The average molecular weight is 348 g/mol. The van der Waals surface area contributed by atoms with Crippen molar-refractivity contribution in [3.8, 4) is 17.2 Å². The summed E-state index contributed by atoms with van der Waals surface area (Å²) >= 11 is 0. The van der Waals surface area contributed by atoms with Gasteiger partial charge in [0.05, 0.1) is 27.8 Å². The van der Waals surface area contributed by atoms with Gasteiger partial charge in [-0.1, -0.05) is 0 Å². The van der Waals surface area contributed by atoms with Gasteiger partial charge in [0.1, 0.15) is 0 Å².